The van der Waals surface area contributed by atoms with Crippen molar-refractivity contribution in [2.45, 2.75) is 37.1 Å². The second-order valence-corrected chi connectivity index (χ2v) is 8.19. The van der Waals surface area contributed by atoms with Crippen LogP contribution in [0, 0.1) is 0 Å². The molecule has 0 amide bonds. The second kappa shape index (κ2) is 10.8. The number of carbonyl (C=O) groups is 3. The summed E-state index contributed by atoms with van der Waals surface area (Å²) >= 11 is 0. The summed E-state index contributed by atoms with van der Waals surface area (Å²) in [6.45, 7) is 0. The molecule has 0 aliphatic heterocycles. The Bertz CT molecular complexity index is 1220. The number of ether oxygens (including phenoxy) is 2. The SMILES string of the molecule is O=C(/C=C/c1ccc(O)c(O)c1)OC1CC[C@](O)(C(=O)O)CC1OC(=O)/C=C/c1ccc(O)c(O)c1. The molecule has 3 rings (SSSR count). The van der Waals surface area contributed by atoms with E-state index in [1.54, 1.807) is 0 Å². The van der Waals surface area contributed by atoms with Crippen molar-refractivity contribution < 1.29 is 54.5 Å². The van der Waals surface area contributed by atoms with Crippen LogP contribution in [-0.4, -0.2) is 66.4 Å². The van der Waals surface area contributed by atoms with Gasteiger partial charge in [-0.05, 0) is 60.4 Å². The number of phenolic OH excluding ortho intramolecular Hbond substituents is 4. The maximum atomic E-state index is 12.4. The van der Waals surface area contributed by atoms with Crippen LogP contribution in [0.25, 0.3) is 12.2 Å². The first-order chi connectivity index (χ1) is 17.0. The third kappa shape index (κ3) is 6.54. The number of hydrogen-bond donors (Lipinski definition) is 6. The topological polar surface area (TPSA) is 191 Å². The van der Waals surface area contributed by atoms with Crippen LogP contribution in [-0.2, 0) is 23.9 Å². The monoisotopic (exact) mass is 500 g/mol. The molecule has 11 heteroatoms. The summed E-state index contributed by atoms with van der Waals surface area (Å²) in [6.07, 6.45) is 1.44. The van der Waals surface area contributed by atoms with Crippen molar-refractivity contribution >= 4 is 30.1 Å². The van der Waals surface area contributed by atoms with Crippen molar-refractivity contribution in [1.29, 1.82) is 0 Å². The average molecular weight is 500 g/mol. The van der Waals surface area contributed by atoms with Crippen molar-refractivity contribution in [3.8, 4) is 23.0 Å². The molecule has 1 fully saturated rings. The van der Waals surface area contributed by atoms with E-state index in [1.807, 2.05) is 0 Å². The smallest absolute Gasteiger partial charge is 0.335 e. The predicted molar refractivity (Wildman–Crippen MR) is 124 cm³/mol. The zero-order valence-electron chi connectivity index (χ0n) is 18.8. The molecule has 3 atom stereocenters. The van der Waals surface area contributed by atoms with Gasteiger partial charge in [-0.2, -0.15) is 0 Å². The highest BCUT2D eigenvalue weighted by Crippen LogP contribution is 2.33. The van der Waals surface area contributed by atoms with Crippen molar-refractivity contribution in [2.75, 3.05) is 0 Å². The quantitative estimate of drug-likeness (QED) is 0.185. The Morgan fingerprint density at radius 3 is 1.69 bits per heavy atom. The zero-order chi connectivity index (χ0) is 26.5. The van der Waals surface area contributed by atoms with Gasteiger partial charge in [0.1, 0.15) is 12.2 Å². The lowest BCUT2D eigenvalue weighted by molar-refractivity contribution is -0.187. The molecule has 190 valence electrons. The normalized spacial score (nSPS) is 21.9. The molecule has 0 heterocycles. The van der Waals surface area contributed by atoms with Gasteiger partial charge in [0.25, 0.3) is 0 Å². The number of aliphatic carboxylic acids is 1. The van der Waals surface area contributed by atoms with Gasteiger partial charge in [0.15, 0.2) is 28.6 Å². The second-order valence-electron chi connectivity index (χ2n) is 8.19. The molecule has 1 aliphatic carbocycles. The number of aliphatic hydroxyl groups is 1. The minimum absolute atomic E-state index is 0.101. The van der Waals surface area contributed by atoms with Crippen LogP contribution in [0.1, 0.15) is 30.4 Å². The van der Waals surface area contributed by atoms with E-state index in [9.17, 15) is 45.0 Å². The minimum Gasteiger partial charge on any atom is -0.504 e. The fourth-order valence-corrected chi connectivity index (χ4v) is 3.57. The summed E-state index contributed by atoms with van der Waals surface area (Å²) in [4.78, 5) is 36.2. The summed E-state index contributed by atoms with van der Waals surface area (Å²) in [6, 6.07) is 7.74. The van der Waals surface area contributed by atoms with Crippen LogP contribution in [0.5, 0.6) is 23.0 Å². The fourth-order valence-electron chi connectivity index (χ4n) is 3.57. The third-order valence-electron chi connectivity index (χ3n) is 5.55. The molecule has 2 aromatic carbocycles. The number of esters is 2. The van der Waals surface area contributed by atoms with Gasteiger partial charge in [-0.3, -0.25) is 0 Å². The van der Waals surface area contributed by atoms with E-state index >= 15 is 0 Å². The highest BCUT2D eigenvalue weighted by molar-refractivity contribution is 5.88. The standard InChI is InChI=1S/C25H24O11/c26-16-5-1-14(11-18(16)28)3-7-22(30)35-20-9-10-25(34,24(32)33)13-21(20)36-23(31)8-4-15-2-6-17(27)19(29)12-15/h1-8,11-12,20-21,26-29,34H,9-10,13H2,(H,32,33)/b7-3+,8-4+/t20?,21?,25-/m1/s1. The van der Waals surface area contributed by atoms with Gasteiger partial charge in [-0.25, -0.2) is 14.4 Å². The largest absolute Gasteiger partial charge is 0.504 e. The van der Waals surface area contributed by atoms with Gasteiger partial charge in [-0.1, -0.05) is 12.1 Å². The first kappa shape index (κ1) is 26.1. The molecule has 0 bridgehead atoms. The Hall–Kier alpha value is -4.51. The van der Waals surface area contributed by atoms with Crippen molar-refractivity contribution in [3.05, 3.63) is 59.7 Å². The van der Waals surface area contributed by atoms with E-state index in [2.05, 4.69) is 0 Å². The molecule has 0 saturated heterocycles. The fraction of sp³-hybridized carbons (Fsp3) is 0.240. The van der Waals surface area contributed by atoms with Gasteiger partial charge in [0, 0.05) is 18.6 Å². The van der Waals surface area contributed by atoms with Gasteiger partial charge >= 0.3 is 17.9 Å². The third-order valence-corrected chi connectivity index (χ3v) is 5.55. The molecule has 36 heavy (non-hydrogen) atoms. The van der Waals surface area contributed by atoms with Gasteiger partial charge in [0.05, 0.1) is 0 Å². The maximum absolute atomic E-state index is 12.4. The highest BCUT2D eigenvalue weighted by Gasteiger charge is 2.47. The number of aromatic hydroxyl groups is 4. The number of carboxylic acid groups (broad SMARTS) is 1. The zero-order valence-corrected chi connectivity index (χ0v) is 18.8. The number of carbonyl (C=O) groups excluding carboxylic acids is 2. The van der Waals surface area contributed by atoms with Crippen molar-refractivity contribution in [1.82, 2.24) is 0 Å². The molecular formula is C25H24O11. The van der Waals surface area contributed by atoms with E-state index in [1.165, 1.54) is 48.6 Å². The van der Waals surface area contributed by atoms with E-state index < -0.39 is 47.9 Å². The molecule has 2 unspecified atom stereocenters. The number of phenols is 4. The lowest BCUT2D eigenvalue weighted by atomic mass is 9.81. The molecule has 11 nitrogen and oxygen atoms in total. The number of benzene rings is 2. The van der Waals surface area contributed by atoms with Crippen molar-refractivity contribution in [3.63, 3.8) is 0 Å². The molecule has 6 N–H and O–H groups in total. The van der Waals surface area contributed by atoms with Crippen LogP contribution in [0.2, 0.25) is 0 Å². The molecule has 2 aromatic rings. The summed E-state index contributed by atoms with van der Waals surface area (Å²) in [5.41, 5.74) is -1.43. The van der Waals surface area contributed by atoms with Crippen LogP contribution in [0.4, 0.5) is 0 Å². The average Bonchev–Trinajstić information content (AvgIpc) is 2.82. The highest BCUT2D eigenvalue weighted by atomic mass is 16.6. The summed E-state index contributed by atoms with van der Waals surface area (Å²) in [5, 5.41) is 57.5. The Kier molecular flexibility index (Phi) is 7.85. The first-order valence-corrected chi connectivity index (χ1v) is 10.7. The molecule has 1 saturated carbocycles. The van der Waals surface area contributed by atoms with Gasteiger partial charge in [0.2, 0.25) is 0 Å². The van der Waals surface area contributed by atoms with Gasteiger partial charge in [-0.15, -0.1) is 0 Å². The Morgan fingerprint density at radius 2 is 1.25 bits per heavy atom. The Morgan fingerprint density at radius 1 is 0.778 bits per heavy atom. The summed E-state index contributed by atoms with van der Waals surface area (Å²) in [5.74, 6) is -4.71. The van der Waals surface area contributed by atoms with E-state index in [-0.39, 0.29) is 30.1 Å². The number of hydrogen-bond acceptors (Lipinski definition) is 10. The molecule has 0 spiro atoms. The number of rotatable bonds is 7. The lowest BCUT2D eigenvalue weighted by Gasteiger charge is -2.37. The summed E-state index contributed by atoms with van der Waals surface area (Å²) < 4.78 is 10.6. The Balaban J connectivity index is 1.70. The first-order valence-electron chi connectivity index (χ1n) is 10.7. The molecular weight excluding hydrogens is 476 g/mol. The van der Waals surface area contributed by atoms with Crippen LogP contribution in [0.15, 0.2) is 48.6 Å². The van der Waals surface area contributed by atoms with Crippen molar-refractivity contribution in [2.24, 2.45) is 0 Å². The van der Waals surface area contributed by atoms with E-state index in [0.29, 0.717) is 11.1 Å². The van der Waals surface area contributed by atoms with Crippen LogP contribution < -0.4 is 0 Å². The number of carboxylic acids is 1. The molecule has 1 aliphatic rings. The maximum Gasteiger partial charge on any atom is 0.335 e. The molecule has 0 radical (unpaired) electrons. The van der Waals surface area contributed by atoms with Gasteiger partial charge < -0.3 is 40.1 Å². The minimum atomic E-state index is -2.18. The predicted octanol–water partition coefficient (Wildman–Crippen LogP) is 2.06. The summed E-state index contributed by atoms with van der Waals surface area (Å²) in [7, 11) is 0. The van der Waals surface area contributed by atoms with E-state index in [0.717, 1.165) is 12.2 Å². The Labute approximate surface area is 204 Å². The lowest BCUT2D eigenvalue weighted by Crippen LogP contribution is -2.51. The molecule has 0 aromatic heterocycles. The van der Waals surface area contributed by atoms with Crippen LogP contribution >= 0.6 is 0 Å². The van der Waals surface area contributed by atoms with E-state index in [4.69, 9.17) is 9.47 Å². The van der Waals surface area contributed by atoms with Crippen LogP contribution in [0.3, 0.4) is 0 Å².